The van der Waals surface area contributed by atoms with E-state index in [-0.39, 0.29) is 12.5 Å². The third-order valence-corrected chi connectivity index (χ3v) is 7.77. The lowest BCUT2D eigenvalue weighted by atomic mass is 10.0. The summed E-state index contributed by atoms with van der Waals surface area (Å²) in [5.74, 6) is -0.785. The molecule has 0 fully saturated rings. The number of carbonyl (C=O) groups excluding carboxylic acids is 2. The number of halogens is 1. The van der Waals surface area contributed by atoms with Crippen LogP contribution in [0.3, 0.4) is 0 Å². The lowest BCUT2D eigenvalue weighted by Crippen LogP contribution is -2.53. The molecule has 0 aliphatic carbocycles. The Labute approximate surface area is 226 Å². The van der Waals surface area contributed by atoms with Crippen molar-refractivity contribution in [2.24, 2.45) is 0 Å². The third-order valence-electron chi connectivity index (χ3n) is 5.91. The Morgan fingerprint density at radius 3 is 2.14 bits per heavy atom. The summed E-state index contributed by atoms with van der Waals surface area (Å²) in [5, 5.41) is 2.68. The topological polar surface area (TPSA) is 86.8 Å². The van der Waals surface area contributed by atoms with E-state index in [1.807, 2.05) is 61.5 Å². The SMILES string of the molecule is CNC(=O)C(Cc1ccccc1)N(Cc1ccccc1C)C(=O)CN(c1ccc(I)cc1)S(C)(=O)=O. The molecule has 1 N–H and O–H groups in total. The molecule has 0 aliphatic heterocycles. The molecule has 7 nitrogen and oxygen atoms in total. The van der Waals surface area contributed by atoms with Gasteiger partial charge in [-0.1, -0.05) is 54.6 Å². The van der Waals surface area contributed by atoms with Crippen molar-refractivity contribution in [3.05, 3.63) is 99.1 Å². The summed E-state index contributed by atoms with van der Waals surface area (Å²) in [7, 11) is -2.24. The molecule has 3 aromatic rings. The van der Waals surface area contributed by atoms with Crippen molar-refractivity contribution in [2.75, 3.05) is 24.2 Å². The molecule has 3 aromatic carbocycles. The molecule has 3 rings (SSSR count). The van der Waals surface area contributed by atoms with Crippen LogP contribution in [-0.2, 0) is 32.6 Å². The van der Waals surface area contributed by atoms with Crippen molar-refractivity contribution in [1.82, 2.24) is 10.2 Å². The first-order valence-corrected chi connectivity index (χ1v) is 14.4. The van der Waals surface area contributed by atoms with Crippen molar-refractivity contribution in [3.8, 4) is 0 Å². The van der Waals surface area contributed by atoms with Gasteiger partial charge in [-0.3, -0.25) is 13.9 Å². The summed E-state index contributed by atoms with van der Waals surface area (Å²) < 4.78 is 27.5. The first kappa shape index (κ1) is 27.7. The molecule has 0 saturated carbocycles. The molecule has 0 aromatic heterocycles. The van der Waals surface area contributed by atoms with Gasteiger partial charge in [0, 0.05) is 23.6 Å². The van der Waals surface area contributed by atoms with Crippen molar-refractivity contribution in [3.63, 3.8) is 0 Å². The van der Waals surface area contributed by atoms with Gasteiger partial charge in [-0.2, -0.15) is 0 Å². The zero-order chi connectivity index (χ0) is 26.3. The van der Waals surface area contributed by atoms with Gasteiger partial charge in [0.25, 0.3) is 0 Å². The summed E-state index contributed by atoms with van der Waals surface area (Å²) in [6.07, 6.45) is 1.37. The molecule has 0 heterocycles. The van der Waals surface area contributed by atoms with Crippen LogP contribution in [-0.4, -0.2) is 51.0 Å². The van der Waals surface area contributed by atoms with E-state index >= 15 is 0 Å². The van der Waals surface area contributed by atoms with Crippen LogP contribution in [0.15, 0.2) is 78.9 Å². The summed E-state index contributed by atoms with van der Waals surface area (Å²) >= 11 is 2.14. The van der Waals surface area contributed by atoms with Gasteiger partial charge >= 0.3 is 0 Å². The highest BCUT2D eigenvalue weighted by molar-refractivity contribution is 14.1. The second-order valence-electron chi connectivity index (χ2n) is 8.51. The highest BCUT2D eigenvalue weighted by Gasteiger charge is 2.32. The average Bonchev–Trinajstić information content (AvgIpc) is 2.85. The van der Waals surface area contributed by atoms with Crippen molar-refractivity contribution < 1.29 is 18.0 Å². The zero-order valence-corrected chi connectivity index (χ0v) is 23.5. The number of hydrogen-bond donors (Lipinski definition) is 1. The Morgan fingerprint density at radius 2 is 1.56 bits per heavy atom. The molecule has 9 heteroatoms. The predicted molar refractivity (Wildman–Crippen MR) is 151 cm³/mol. The summed E-state index contributed by atoms with van der Waals surface area (Å²) in [4.78, 5) is 28.4. The number of amides is 2. The molecule has 0 aliphatic rings. The van der Waals surface area contributed by atoms with Gasteiger partial charge in [0.1, 0.15) is 12.6 Å². The normalized spacial score (nSPS) is 12.0. The number of sulfonamides is 1. The van der Waals surface area contributed by atoms with E-state index in [2.05, 4.69) is 27.9 Å². The molecule has 2 amide bonds. The minimum Gasteiger partial charge on any atom is -0.357 e. The third kappa shape index (κ3) is 7.30. The van der Waals surface area contributed by atoms with Gasteiger partial charge in [0.2, 0.25) is 21.8 Å². The number of likely N-dealkylation sites (N-methyl/N-ethyl adjacent to an activating group) is 1. The summed E-state index contributed by atoms with van der Waals surface area (Å²) in [5.41, 5.74) is 3.14. The first-order chi connectivity index (χ1) is 17.1. The Hall–Kier alpha value is -2.92. The van der Waals surface area contributed by atoms with Gasteiger partial charge in [-0.15, -0.1) is 0 Å². The number of aryl methyl sites for hydroxylation is 1. The van der Waals surface area contributed by atoms with E-state index in [0.717, 1.165) is 30.8 Å². The fourth-order valence-corrected chi connectivity index (χ4v) is 5.12. The van der Waals surface area contributed by atoms with Crippen LogP contribution in [0.5, 0.6) is 0 Å². The van der Waals surface area contributed by atoms with Crippen LogP contribution < -0.4 is 9.62 Å². The van der Waals surface area contributed by atoms with Gasteiger partial charge in [0.15, 0.2) is 0 Å². The Balaban J connectivity index is 2.03. The quantitative estimate of drug-likeness (QED) is 0.351. The maximum atomic E-state index is 13.8. The van der Waals surface area contributed by atoms with Crippen LogP contribution in [0.1, 0.15) is 16.7 Å². The minimum absolute atomic E-state index is 0.167. The van der Waals surface area contributed by atoms with Crippen molar-refractivity contribution in [2.45, 2.75) is 25.9 Å². The van der Waals surface area contributed by atoms with E-state index in [1.165, 1.54) is 11.9 Å². The van der Waals surface area contributed by atoms with Gasteiger partial charge < -0.3 is 10.2 Å². The van der Waals surface area contributed by atoms with Crippen LogP contribution in [0.4, 0.5) is 5.69 Å². The average molecular weight is 620 g/mol. The maximum Gasteiger partial charge on any atom is 0.244 e. The maximum absolute atomic E-state index is 13.8. The number of nitrogens with one attached hydrogen (secondary N) is 1. The molecule has 0 spiro atoms. The Kier molecular flexibility index (Phi) is 9.49. The van der Waals surface area contributed by atoms with E-state index in [4.69, 9.17) is 0 Å². The number of anilines is 1. The van der Waals surface area contributed by atoms with E-state index in [1.54, 1.807) is 24.3 Å². The van der Waals surface area contributed by atoms with Crippen LogP contribution >= 0.6 is 22.6 Å². The molecule has 0 saturated heterocycles. The first-order valence-electron chi connectivity index (χ1n) is 11.4. The number of benzene rings is 3. The molecular formula is C27H30IN3O4S. The minimum atomic E-state index is -3.77. The number of carbonyl (C=O) groups is 2. The van der Waals surface area contributed by atoms with Crippen molar-refractivity contribution in [1.29, 1.82) is 0 Å². The smallest absolute Gasteiger partial charge is 0.244 e. The fraction of sp³-hybridized carbons (Fsp3) is 0.259. The number of rotatable bonds is 10. The zero-order valence-electron chi connectivity index (χ0n) is 20.5. The Morgan fingerprint density at radius 1 is 0.944 bits per heavy atom. The second kappa shape index (κ2) is 12.4. The molecule has 0 bridgehead atoms. The fourth-order valence-electron chi connectivity index (χ4n) is 3.91. The molecule has 190 valence electrons. The molecule has 1 unspecified atom stereocenters. The van der Waals surface area contributed by atoms with Crippen LogP contribution in [0.25, 0.3) is 0 Å². The summed E-state index contributed by atoms with van der Waals surface area (Å²) in [6, 6.07) is 23.2. The number of hydrogen-bond acceptors (Lipinski definition) is 4. The van der Waals surface area contributed by atoms with Gasteiger partial charge in [-0.25, -0.2) is 8.42 Å². The van der Waals surface area contributed by atoms with Gasteiger partial charge in [0.05, 0.1) is 11.9 Å². The lowest BCUT2D eigenvalue weighted by molar-refractivity contribution is -0.139. The van der Waals surface area contributed by atoms with E-state index < -0.39 is 28.5 Å². The standard InChI is InChI=1S/C27H30IN3O4S/c1-20-9-7-8-12-22(20)18-30(25(27(33)29-2)17-21-10-5-4-6-11-21)26(32)19-31(36(3,34)35)24-15-13-23(28)14-16-24/h4-16,25H,17-19H2,1-3H3,(H,29,33). The molecule has 36 heavy (non-hydrogen) atoms. The van der Waals surface area contributed by atoms with E-state index in [9.17, 15) is 18.0 Å². The monoisotopic (exact) mass is 619 g/mol. The lowest BCUT2D eigenvalue weighted by Gasteiger charge is -2.33. The predicted octanol–water partition coefficient (Wildman–Crippen LogP) is 3.75. The Bertz CT molecular complexity index is 1300. The van der Waals surface area contributed by atoms with Crippen LogP contribution in [0, 0.1) is 10.5 Å². The highest BCUT2D eigenvalue weighted by atomic mass is 127. The van der Waals surface area contributed by atoms with E-state index in [0.29, 0.717) is 12.1 Å². The molecule has 1 atom stereocenters. The van der Waals surface area contributed by atoms with Crippen LogP contribution in [0.2, 0.25) is 0 Å². The van der Waals surface area contributed by atoms with Crippen molar-refractivity contribution >= 4 is 50.1 Å². The second-order valence-corrected chi connectivity index (χ2v) is 11.7. The molecule has 0 radical (unpaired) electrons. The number of nitrogens with zero attached hydrogens (tertiary/aromatic N) is 2. The summed E-state index contributed by atoms with van der Waals surface area (Å²) in [6.45, 7) is 1.69. The van der Waals surface area contributed by atoms with Gasteiger partial charge in [-0.05, 0) is 70.5 Å². The largest absolute Gasteiger partial charge is 0.357 e. The highest BCUT2D eigenvalue weighted by Crippen LogP contribution is 2.22. The molecular weight excluding hydrogens is 589 g/mol.